The number of carbonyl (C=O) groups excluding carboxylic acids is 1. The molecule has 1 fully saturated rings. The van der Waals surface area contributed by atoms with E-state index >= 15 is 0 Å². The van der Waals surface area contributed by atoms with E-state index in [1.807, 2.05) is 27.7 Å². The molecule has 2 aliphatic rings. The number of hydrogen-bond donors (Lipinski definition) is 1. The molecule has 21 heavy (non-hydrogen) atoms. The Kier molecular flexibility index (Phi) is 4.39. The molecule has 0 unspecified atom stereocenters. The van der Waals surface area contributed by atoms with Crippen molar-refractivity contribution in [3.63, 3.8) is 0 Å². The van der Waals surface area contributed by atoms with Crippen LogP contribution < -0.4 is 0 Å². The third-order valence-corrected chi connectivity index (χ3v) is 5.64. The van der Waals surface area contributed by atoms with Crippen molar-refractivity contribution in [2.45, 2.75) is 53.6 Å². The number of aliphatic hydroxyl groups excluding tert-OH is 1. The first-order chi connectivity index (χ1) is 9.81. The summed E-state index contributed by atoms with van der Waals surface area (Å²) in [6.07, 6.45) is 3.01. The van der Waals surface area contributed by atoms with Crippen LogP contribution in [-0.2, 0) is 14.3 Å². The fraction of sp³-hybridized carbons (Fsp3) is 0.824. The van der Waals surface area contributed by atoms with Gasteiger partial charge in [-0.3, -0.25) is 4.79 Å². The summed E-state index contributed by atoms with van der Waals surface area (Å²) in [7, 11) is 0. The molecule has 0 saturated heterocycles. The Hall–Kier alpha value is -1.03. The van der Waals surface area contributed by atoms with Crippen molar-refractivity contribution in [1.82, 2.24) is 0 Å². The van der Waals surface area contributed by atoms with Crippen LogP contribution in [0.15, 0.2) is 11.8 Å². The number of esters is 1. The Morgan fingerprint density at radius 2 is 2.05 bits per heavy atom. The van der Waals surface area contributed by atoms with Crippen molar-refractivity contribution in [2.24, 2.45) is 22.7 Å². The van der Waals surface area contributed by atoms with E-state index < -0.39 is 11.5 Å². The largest absolute Gasteiger partial charge is 0.498 e. The first-order valence-electron chi connectivity index (χ1n) is 7.99. The predicted octanol–water partition coefficient (Wildman–Crippen LogP) is 2.90. The van der Waals surface area contributed by atoms with Crippen LogP contribution in [0.2, 0.25) is 0 Å². The molecule has 4 heteroatoms. The molecule has 1 N–H and O–H groups in total. The van der Waals surface area contributed by atoms with Crippen LogP contribution in [0.3, 0.4) is 0 Å². The molecule has 0 spiro atoms. The molecular weight excluding hydrogens is 268 g/mol. The third-order valence-electron chi connectivity index (χ3n) is 5.64. The van der Waals surface area contributed by atoms with Crippen molar-refractivity contribution in [1.29, 1.82) is 0 Å². The second kappa shape index (κ2) is 5.64. The van der Waals surface area contributed by atoms with Gasteiger partial charge in [0.05, 0.1) is 30.7 Å². The molecule has 0 heterocycles. The van der Waals surface area contributed by atoms with Gasteiger partial charge < -0.3 is 14.6 Å². The Balaban J connectivity index is 2.41. The van der Waals surface area contributed by atoms with E-state index in [1.54, 1.807) is 0 Å². The van der Waals surface area contributed by atoms with Gasteiger partial charge in [0.25, 0.3) is 0 Å². The summed E-state index contributed by atoms with van der Waals surface area (Å²) in [6.45, 7) is 10.9. The lowest BCUT2D eigenvalue weighted by molar-refractivity contribution is -0.179. The molecule has 0 aromatic rings. The molecule has 2 aliphatic carbocycles. The number of rotatable bonds is 4. The van der Waals surface area contributed by atoms with Gasteiger partial charge in [-0.25, -0.2) is 0 Å². The van der Waals surface area contributed by atoms with Crippen LogP contribution in [0.4, 0.5) is 0 Å². The van der Waals surface area contributed by atoms with Gasteiger partial charge in [-0.15, -0.1) is 0 Å². The minimum atomic E-state index is -0.529. The van der Waals surface area contributed by atoms with E-state index in [4.69, 9.17) is 9.47 Å². The Morgan fingerprint density at radius 1 is 1.38 bits per heavy atom. The van der Waals surface area contributed by atoms with Gasteiger partial charge in [0.1, 0.15) is 5.76 Å². The topological polar surface area (TPSA) is 55.8 Å². The smallest absolute Gasteiger partial charge is 0.309 e. The van der Waals surface area contributed by atoms with E-state index in [-0.39, 0.29) is 23.2 Å². The van der Waals surface area contributed by atoms with E-state index in [0.717, 1.165) is 12.2 Å². The van der Waals surface area contributed by atoms with Gasteiger partial charge in [-0.1, -0.05) is 13.8 Å². The normalized spacial score (nSPS) is 42.2. The highest BCUT2D eigenvalue weighted by Crippen LogP contribution is 2.60. The molecular formula is C17H28O4. The van der Waals surface area contributed by atoms with E-state index in [0.29, 0.717) is 19.6 Å². The number of fused-ring (bicyclic) bond motifs is 2. The summed E-state index contributed by atoms with van der Waals surface area (Å²) in [5, 5.41) is 10.9. The molecule has 2 bridgehead atoms. The zero-order chi connectivity index (χ0) is 15.8. The van der Waals surface area contributed by atoms with Crippen LogP contribution in [0.25, 0.3) is 0 Å². The van der Waals surface area contributed by atoms with Crippen LogP contribution in [0, 0.1) is 22.7 Å². The number of hydrogen-bond acceptors (Lipinski definition) is 4. The minimum absolute atomic E-state index is 0.0160. The number of aliphatic hydroxyl groups is 1. The van der Waals surface area contributed by atoms with Gasteiger partial charge in [-0.05, 0) is 51.0 Å². The van der Waals surface area contributed by atoms with E-state index in [9.17, 15) is 9.90 Å². The number of ether oxygens (including phenoxy) is 2. The second-order valence-corrected chi connectivity index (χ2v) is 6.90. The molecule has 0 aromatic carbocycles. The minimum Gasteiger partial charge on any atom is -0.498 e. The lowest BCUT2D eigenvalue weighted by atomic mass is 9.49. The SMILES string of the molecule is CCOC(=O)[C@H]1C[C@@]2(C)CC=C(OCC)[C@@](C)([C@@H]1C)[C@H]2O. The maximum Gasteiger partial charge on any atom is 0.309 e. The quantitative estimate of drug-likeness (QED) is 0.810. The van der Waals surface area contributed by atoms with Crippen molar-refractivity contribution in [2.75, 3.05) is 13.2 Å². The number of carbonyl (C=O) groups is 1. The summed E-state index contributed by atoms with van der Waals surface area (Å²) in [6, 6.07) is 0. The van der Waals surface area contributed by atoms with Gasteiger partial charge in [-0.2, -0.15) is 0 Å². The molecule has 0 aliphatic heterocycles. The molecule has 0 amide bonds. The van der Waals surface area contributed by atoms with Gasteiger partial charge >= 0.3 is 5.97 Å². The average Bonchev–Trinajstić information content (AvgIpc) is 2.44. The van der Waals surface area contributed by atoms with Gasteiger partial charge in [0, 0.05) is 0 Å². The van der Waals surface area contributed by atoms with Gasteiger partial charge in [0.15, 0.2) is 0 Å². The maximum absolute atomic E-state index is 12.3. The molecule has 2 rings (SSSR count). The van der Waals surface area contributed by atoms with E-state index in [1.165, 1.54) is 0 Å². The molecule has 120 valence electrons. The average molecular weight is 296 g/mol. The predicted molar refractivity (Wildman–Crippen MR) is 80.5 cm³/mol. The molecule has 0 aromatic heterocycles. The molecule has 4 nitrogen and oxygen atoms in total. The standard InChI is InChI=1S/C17H28O4/c1-6-20-13-8-9-16(4)10-12(14(18)21-7-2)11(3)17(13,5)15(16)19/h8,11-12,15,19H,6-7,9-10H2,1-5H3/t11-,12+,15+,16-,17-/m1/s1. The highest BCUT2D eigenvalue weighted by atomic mass is 16.5. The fourth-order valence-corrected chi connectivity index (χ4v) is 4.19. The van der Waals surface area contributed by atoms with Crippen molar-refractivity contribution in [3.8, 4) is 0 Å². The second-order valence-electron chi connectivity index (χ2n) is 6.90. The van der Waals surface area contributed by atoms with Crippen LogP contribution in [0.1, 0.15) is 47.5 Å². The molecule has 5 atom stereocenters. The summed E-state index contributed by atoms with van der Waals surface area (Å²) in [4.78, 5) is 12.3. The summed E-state index contributed by atoms with van der Waals surface area (Å²) in [5.41, 5.74) is -0.821. The lowest BCUT2D eigenvalue weighted by Crippen LogP contribution is -2.59. The highest BCUT2D eigenvalue weighted by Gasteiger charge is 2.61. The van der Waals surface area contributed by atoms with Crippen LogP contribution >= 0.6 is 0 Å². The van der Waals surface area contributed by atoms with Crippen LogP contribution in [-0.4, -0.2) is 30.4 Å². The van der Waals surface area contributed by atoms with Crippen molar-refractivity contribution < 1.29 is 19.4 Å². The van der Waals surface area contributed by atoms with Gasteiger partial charge in [0.2, 0.25) is 0 Å². The van der Waals surface area contributed by atoms with Crippen molar-refractivity contribution >= 4 is 5.97 Å². The highest BCUT2D eigenvalue weighted by molar-refractivity contribution is 5.73. The third kappa shape index (κ3) is 2.37. The summed E-state index contributed by atoms with van der Waals surface area (Å²) in [5.74, 6) is 0.480. The van der Waals surface area contributed by atoms with Crippen LogP contribution in [0.5, 0.6) is 0 Å². The first kappa shape index (κ1) is 16.3. The monoisotopic (exact) mass is 296 g/mol. The zero-order valence-corrected chi connectivity index (χ0v) is 13.8. The summed E-state index contributed by atoms with van der Waals surface area (Å²) >= 11 is 0. The summed E-state index contributed by atoms with van der Waals surface area (Å²) < 4.78 is 11.1. The maximum atomic E-state index is 12.3. The molecule has 0 radical (unpaired) electrons. The Bertz CT molecular complexity index is 444. The van der Waals surface area contributed by atoms with E-state index in [2.05, 4.69) is 13.0 Å². The first-order valence-corrected chi connectivity index (χ1v) is 7.99. The number of allylic oxidation sites excluding steroid dienone is 1. The Labute approximate surface area is 127 Å². The van der Waals surface area contributed by atoms with Crippen molar-refractivity contribution in [3.05, 3.63) is 11.8 Å². The Morgan fingerprint density at radius 3 is 2.62 bits per heavy atom. The lowest BCUT2D eigenvalue weighted by Gasteiger charge is -2.57. The fourth-order valence-electron chi connectivity index (χ4n) is 4.19. The molecule has 1 saturated carbocycles. The zero-order valence-electron chi connectivity index (χ0n) is 13.8.